The molecule has 116 valence electrons. The molecule has 0 radical (unpaired) electrons. The zero-order chi connectivity index (χ0) is 14.8. The molecule has 1 amide bonds. The van der Waals surface area contributed by atoms with Gasteiger partial charge in [0.05, 0.1) is 0 Å². The normalized spacial score (nSPS) is 23.9. The van der Waals surface area contributed by atoms with E-state index in [2.05, 4.69) is 0 Å². The maximum absolute atomic E-state index is 12.1. The number of rotatable bonds is 1. The Labute approximate surface area is 123 Å². The van der Waals surface area contributed by atoms with Crippen molar-refractivity contribution in [3.63, 3.8) is 0 Å². The van der Waals surface area contributed by atoms with E-state index in [1.165, 1.54) is 25.7 Å². The van der Waals surface area contributed by atoms with Crippen LogP contribution in [0.5, 0.6) is 0 Å². The highest BCUT2D eigenvalue weighted by Crippen LogP contribution is 2.46. The van der Waals surface area contributed by atoms with Gasteiger partial charge in [-0.3, -0.25) is 0 Å². The number of carbonyl (C=O) groups is 1. The molecule has 2 fully saturated rings. The predicted octanol–water partition coefficient (Wildman–Crippen LogP) is 3.15. The van der Waals surface area contributed by atoms with Crippen LogP contribution in [0.2, 0.25) is 0 Å². The number of nitrogens with zero attached hydrogens (tertiary/aromatic N) is 1. The van der Waals surface area contributed by atoms with Crippen molar-refractivity contribution in [1.82, 2.24) is 4.90 Å². The first-order chi connectivity index (χ1) is 9.34. The van der Waals surface area contributed by atoms with E-state index in [0.29, 0.717) is 5.41 Å². The molecule has 0 bridgehead atoms. The first kappa shape index (κ1) is 15.6. The van der Waals surface area contributed by atoms with Gasteiger partial charge in [-0.1, -0.05) is 0 Å². The lowest BCUT2D eigenvalue weighted by Gasteiger charge is -2.45. The number of piperidine rings is 1. The molecule has 0 atom stereocenters. The van der Waals surface area contributed by atoms with Crippen LogP contribution in [-0.4, -0.2) is 36.2 Å². The first-order valence-corrected chi connectivity index (χ1v) is 8.02. The van der Waals surface area contributed by atoms with Gasteiger partial charge in [-0.25, -0.2) is 4.79 Å². The van der Waals surface area contributed by atoms with E-state index in [4.69, 9.17) is 10.5 Å². The van der Waals surface area contributed by atoms with Crippen LogP contribution in [0.4, 0.5) is 4.79 Å². The molecule has 0 aromatic heterocycles. The van der Waals surface area contributed by atoms with Crippen LogP contribution in [0.25, 0.3) is 0 Å². The number of likely N-dealkylation sites (tertiary alicyclic amines) is 1. The van der Waals surface area contributed by atoms with Gasteiger partial charge in [-0.05, 0) is 77.2 Å². The van der Waals surface area contributed by atoms with Gasteiger partial charge in [-0.15, -0.1) is 0 Å². The highest BCUT2D eigenvalue weighted by Gasteiger charge is 2.39. The van der Waals surface area contributed by atoms with Crippen molar-refractivity contribution in [2.45, 2.75) is 64.9 Å². The minimum Gasteiger partial charge on any atom is -0.444 e. The molecule has 1 aliphatic heterocycles. The van der Waals surface area contributed by atoms with Crippen molar-refractivity contribution >= 4 is 6.09 Å². The van der Waals surface area contributed by atoms with Gasteiger partial charge in [0.2, 0.25) is 0 Å². The lowest BCUT2D eigenvalue weighted by molar-refractivity contribution is 0.00173. The number of amides is 1. The van der Waals surface area contributed by atoms with Crippen LogP contribution in [0, 0.1) is 11.3 Å². The molecule has 0 aromatic carbocycles. The summed E-state index contributed by atoms with van der Waals surface area (Å²) in [7, 11) is 0. The summed E-state index contributed by atoms with van der Waals surface area (Å²) in [4.78, 5) is 14.0. The maximum atomic E-state index is 12.1. The lowest BCUT2D eigenvalue weighted by Crippen LogP contribution is -2.46. The molecule has 4 heteroatoms. The van der Waals surface area contributed by atoms with E-state index in [1.54, 1.807) is 0 Å². The number of ether oxygens (including phenoxy) is 1. The molecule has 1 aliphatic carbocycles. The largest absolute Gasteiger partial charge is 0.444 e. The Morgan fingerprint density at radius 1 is 1.20 bits per heavy atom. The van der Waals surface area contributed by atoms with E-state index in [1.807, 2.05) is 25.7 Å². The summed E-state index contributed by atoms with van der Waals surface area (Å²) in [6.07, 6.45) is 7.22. The molecule has 1 saturated carbocycles. The van der Waals surface area contributed by atoms with E-state index in [9.17, 15) is 4.79 Å². The minimum absolute atomic E-state index is 0.150. The molecule has 4 nitrogen and oxygen atoms in total. The van der Waals surface area contributed by atoms with Gasteiger partial charge in [0.1, 0.15) is 5.60 Å². The van der Waals surface area contributed by atoms with Crippen molar-refractivity contribution in [2.24, 2.45) is 17.1 Å². The Hall–Kier alpha value is -0.770. The highest BCUT2D eigenvalue weighted by molar-refractivity contribution is 5.68. The van der Waals surface area contributed by atoms with Crippen LogP contribution in [0.3, 0.4) is 0 Å². The SMILES string of the molecule is CC(C)(C)OC(=O)N1CCC2(CCC(CN)CC2)CC1. The molecule has 1 spiro atoms. The van der Waals surface area contributed by atoms with Crippen molar-refractivity contribution < 1.29 is 9.53 Å². The summed E-state index contributed by atoms with van der Waals surface area (Å²) >= 11 is 0. The zero-order valence-electron chi connectivity index (χ0n) is 13.3. The lowest BCUT2D eigenvalue weighted by atomic mass is 9.65. The Balaban J connectivity index is 1.82. The van der Waals surface area contributed by atoms with Crippen molar-refractivity contribution in [2.75, 3.05) is 19.6 Å². The van der Waals surface area contributed by atoms with E-state index in [-0.39, 0.29) is 6.09 Å². The van der Waals surface area contributed by atoms with Crippen molar-refractivity contribution in [3.05, 3.63) is 0 Å². The summed E-state index contributed by atoms with van der Waals surface area (Å²) in [5, 5.41) is 0. The number of hydrogen-bond acceptors (Lipinski definition) is 3. The van der Waals surface area contributed by atoms with Gasteiger partial charge in [0, 0.05) is 13.1 Å². The fourth-order valence-corrected chi connectivity index (χ4v) is 3.52. The van der Waals surface area contributed by atoms with Crippen LogP contribution in [0.1, 0.15) is 59.3 Å². The highest BCUT2D eigenvalue weighted by atomic mass is 16.6. The van der Waals surface area contributed by atoms with E-state index in [0.717, 1.165) is 38.4 Å². The second kappa shape index (κ2) is 5.92. The second-order valence-corrected chi connectivity index (χ2v) is 7.65. The first-order valence-electron chi connectivity index (χ1n) is 8.02. The summed E-state index contributed by atoms with van der Waals surface area (Å²) in [5.74, 6) is 0.726. The van der Waals surface area contributed by atoms with Gasteiger partial charge >= 0.3 is 6.09 Å². The van der Waals surface area contributed by atoms with Crippen molar-refractivity contribution in [1.29, 1.82) is 0 Å². The summed E-state index contributed by atoms with van der Waals surface area (Å²) < 4.78 is 5.46. The van der Waals surface area contributed by atoms with Crippen LogP contribution >= 0.6 is 0 Å². The Morgan fingerprint density at radius 2 is 1.75 bits per heavy atom. The van der Waals surface area contributed by atoms with Gasteiger partial charge in [-0.2, -0.15) is 0 Å². The number of nitrogens with two attached hydrogens (primary N) is 1. The fourth-order valence-electron chi connectivity index (χ4n) is 3.52. The number of hydrogen-bond donors (Lipinski definition) is 1. The van der Waals surface area contributed by atoms with E-state index < -0.39 is 5.60 Å². The zero-order valence-corrected chi connectivity index (χ0v) is 13.3. The van der Waals surface area contributed by atoms with Crippen molar-refractivity contribution in [3.8, 4) is 0 Å². The van der Waals surface area contributed by atoms with Gasteiger partial charge in [0.15, 0.2) is 0 Å². The molecule has 0 unspecified atom stereocenters. The third-order valence-corrected chi connectivity index (χ3v) is 4.97. The molecule has 0 aromatic rings. The molecule has 2 rings (SSSR count). The summed E-state index contributed by atoms with van der Waals surface area (Å²) in [5.41, 5.74) is 5.85. The Kier molecular flexibility index (Phi) is 4.62. The van der Waals surface area contributed by atoms with Crippen LogP contribution < -0.4 is 5.73 Å². The standard InChI is InChI=1S/C16H30N2O2/c1-15(2,3)20-14(19)18-10-8-16(9-11-18)6-4-13(12-17)5-7-16/h13H,4-12,17H2,1-3H3. The average molecular weight is 282 g/mol. The molecule has 20 heavy (non-hydrogen) atoms. The van der Waals surface area contributed by atoms with Crippen LogP contribution in [-0.2, 0) is 4.74 Å². The smallest absolute Gasteiger partial charge is 0.410 e. The molecule has 2 N–H and O–H groups in total. The Bertz CT molecular complexity index is 331. The molecule has 2 aliphatic rings. The summed E-state index contributed by atoms with van der Waals surface area (Å²) in [6.45, 7) is 8.30. The predicted molar refractivity (Wildman–Crippen MR) is 80.5 cm³/mol. The second-order valence-electron chi connectivity index (χ2n) is 7.65. The summed E-state index contributed by atoms with van der Waals surface area (Å²) in [6, 6.07) is 0. The monoisotopic (exact) mass is 282 g/mol. The average Bonchev–Trinajstić information content (AvgIpc) is 2.38. The quantitative estimate of drug-likeness (QED) is 0.803. The maximum Gasteiger partial charge on any atom is 0.410 e. The molecular formula is C16H30N2O2. The van der Waals surface area contributed by atoms with Crippen LogP contribution in [0.15, 0.2) is 0 Å². The molecule has 1 heterocycles. The molecular weight excluding hydrogens is 252 g/mol. The van der Waals surface area contributed by atoms with Gasteiger partial charge in [0.25, 0.3) is 0 Å². The topological polar surface area (TPSA) is 55.6 Å². The number of carbonyl (C=O) groups excluding carboxylic acids is 1. The van der Waals surface area contributed by atoms with Gasteiger partial charge < -0.3 is 15.4 Å². The molecule has 1 saturated heterocycles. The third kappa shape index (κ3) is 3.87. The third-order valence-electron chi connectivity index (χ3n) is 4.97. The fraction of sp³-hybridized carbons (Fsp3) is 0.938. The Morgan fingerprint density at radius 3 is 2.20 bits per heavy atom. The van der Waals surface area contributed by atoms with E-state index >= 15 is 0 Å². The minimum atomic E-state index is -0.397.